The van der Waals surface area contributed by atoms with E-state index < -0.39 is 15.9 Å². The summed E-state index contributed by atoms with van der Waals surface area (Å²) in [4.78, 5) is 12.1. The number of benzene rings is 1. The first-order valence-corrected chi connectivity index (χ1v) is 8.13. The summed E-state index contributed by atoms with van der Waals surface area (Å²) in [5.74, 6) is 0.374. The van der Waals surface area contributed by atoms with Crippen molar-refractivity contribution < 1.29 is 17.7 Å². The van der Waals surface area contributed by atoms with E-state index in [0.29, 0.717) is 5.76 Å². The van der Waals surface area contributed by atoms with Gasteiger partial charge in [0.15, 0.2) is 5.82 Å². The van der Waals surface area contributed by atoms with Gasteiger partial charge in [0.25, 0.3) is 5.91 Å². The van der Waals surface area contributed by atoms with Crippen molar-refractivity contribution in [2.75, 3.05) is 5.32 Å². The van der Waals surface area contributed by atoms with E-state index >= 15 is 0 Å². The van der Waals surface area contributed by atoms with Gasteiger partial charge in [-0.15, -0.1) is 0 Å². The lowest BCUT2D eigenvalue weighted by Crippen LogP contribution is -2.30. The maximum Gasteiger partial charge on any atom is 0.256 e. The summed E-state index contributed by atoms with van der Waals surface area (Å²) in [6, 6.07) is 7.11. The Bertz CT molecular complexity index is 781. The summed E-state index contributed by atoms with van der Waals surface area (Å²) < 4.78 is 31.5. The van der Waals surface area contributed by atoms with E-state index in [4.69, 9.17) is 4.52 Å². The molecule has 1 heterocycles. The number of hydrogen-bond acceptors (Lipinski definition) is 5. The highest BCUT2D eigenvalue weighted by molar-refractivity contribution is 7.89. The number of anilines is 1. The Kier molecular flexibility index (Phi) is 4.62. The average Bonchev–Trinajstić information content (AvgIpc) is 2.83. The molecule has 118 valence electrons. The molecular formula is C14H17N3O4S. The first-order valence-electron chi connectivity index (χ1n) is 6.65. The first kappa shape index (κ1) is 16.2. The zero-order valence-corrected chi connectivity index (χ0v) is 13.3. The fourth-order valence-corrected chi connectivity index (χ4v) is 3.09. The zero-order chi connectivity index (χ0) is 16.3. The number of nitrogens with zero attached hydrogens (tertiary/aromatic N) is 1. The lowest BCUT2D eigenvalue weighted by molar-refractivity contribution is 0.102. The lowest BCUT2D eigenvalue weighted by Gasteiger charge is -2.10. The quantitative estimate of drug-likeness (QED) is 0.875. The van der Waals surface area contributed by atoms with Crippen molar-refractivity contribution in [3.8, 4) is 0 Å². The fourth-order valence-electron chi connectivity index (χ4n) is 1.80. The summed E-state index contributed by atoms with van der Waals surface area (Å²) in [5.41, 5.74) is 0.215. The number of carbonyl (C=O) groups is 1. The van der Waals surface area contributed by atoms with E-state index in [9.17, 15) is 13.2 Å². The van der Waals surface area contributed by atoms with Crippen LogP contribution in [0.4, 0.5) is 5.82 Å². The number of aromatic nitrogens is 1. The maximum absolute atomic E-state index is 12.1. The molecular weight excluding hydrogens is 306 g/mol. The fraction of sp³-hybridized carbons (Fsp3) is 0.286. The molecule has 0 atom stereocenters. The topological polar surface area (TPSA) is 101 Å². The van der Waals surface area contributed by atoms with Gasteiger partial charge >= 0.3 is 0 Å². The summed E-state index contributed by atoms with van der Waals surface area (Å²) in [6.45, 7) is 5.15. The van der Waals surface area contributed by atoms with Gasteiger partial charge in [0.2, 0.25) is 10.0 Å². The van der Waals surface area contributed by atoms with Gasteiger partial charge in [-0.3, -0.25) is 4.79 Å². The van der Waals surface area contributed by atoms with Crippen molar-refractivity contribution in [2.24, 2.45) is 0 Å². The molecule has 0 radical (unpaired) electrons. The van der Waals surface area contributed by atoms with Crippen LogP contribution in [0.3, 0.4) is 0 Å². The lowest BCUT2D eigenvalue weighted by atomic mass is 10.2. The molecule has 0 spiro atoms. The Morgan fingerprint density at radius 3 is 2.59 bits per heavy atom. The number of rotatable bonds is 5. The van der Waals surface area contributed by atoms with Gasteiger partial charge in [-0.25, -0.2) is 13.1 Å². The molecule has 8 heteroatoms. The Morgan fingerprint density at radius 2 is 2.00 bits per heavy atom. The number of amides is 1. The monoisotopic (exact) mass is 323 g/mol. The molecule has 0 bridgehead atoms. The van der Waals surface area contributed by atoms with Crippen LogP contribution < -0.4 is 10.0 Å². The second-order valence-corrected chi connectivity index (χ2v) is 6.79. The largest absolute Gasteiger partial charge is 0.360 e. The SMILES string of the molecule is Cc1cc(NC(=O)c2cccc(S(=O)(=O)NC(C)C)c2)no1. The predicted molar refractivity (Wildman–Crippen MR) is 81.1 cm³/mol. The molecule has 1 aromatic carbocycles. The average molecular weight is 323 g/mol. The summed E-state index contributed by atoms with van der Waals surface area (Å²) in [6.07, 6.45) is 0. The van der Waals surface area contributed by atoms with Crippen molar-refractivity contribution >= 4 is 21.7 Å². The second kappa shape index (κ2) is 6.29. The number of hydrogen-bond donors (Lipinski definition) is 2. The third-order valence-corrected chi connectivity index (χ3v) is 4.32. The van der Waals surface area contributed by atoms with Crippen LogP contribution in [0.1, 0.15) is 30.0 Å². The van der Waals surface area contributed by atoms with E-state index in [1.165, 1.54) is 24.3 Å². The minimum Gasteiger partial charge on any atom is -0.360 e. The van der Waals surface area contributed by atoms with Gasteiger partial charge in [0, 0.05) is 17.7 Å². The minimum atomic E-state index is -3.65. The molecule has 0 aliphatic carbocycles. The van der Waals surface area contributed by atoms with E-state index in [2.05, 4.69) is 15.2 Å². The molecule has 2 rings (SSSR count). The van der Waals surface area contributed by atoms with Crippen LogP contribution in [-0.2, 0) is 10.0 Å². The highest BCUT2D eigenvalue weighted by atomic mass is 32.2. The van der Waals surface area contributed by atoms with Crippen LogP contribution >= 0.6 is 0 Å². The van der Waals surface area contributed by atoms with Crippen LogP contribution in [0.2, 0.25) is 0 Å². The third-order valence-electron chi connectivity index (χ3n) is 2.67. The van der Waals surface area contributed by atoms with Gasteiger partial charge < -0.3 is 9.84 Å². The van der Waals surface area contributed by atoms with Gasteiger partial charge in [-0.05, 0) is 39.0 Å². The second-order valence-electron chi connectivity index (χ2n) is 5.08. The van der Waals surface area contributed by atoms with Gasteiger partial charge in [-0.2, -0.15) is 0 Å². The molecule has 0 aliphatic rings. The van der Waals surface area contributed by atoms with Gasteiger partial charge in [0.1, 0.15) is 5.76 Å². The zero-order valence-electron chi connectivity index (χ0n) is 12.5. The molecule has 0 unspecified atom stereocenters. The van der Waals surface area contributed by atoms with Crippen molar-refractivity contribution in [1.82, 2.24) is 9.88 Å². The van der Waals surface area contributed by atoms with Crippen LogP contribution in [-0.4, -0.2) is 25.5 Å². The summed E-state index contributed by atoms with van der Waals surface area (Å²) in [5, 5.41) is 6.19. The molecule has 0 fully saturated rings. The highest BCUT2D eigenvalue weighted by Crippen LogP contribution is 2.14. The Hall–Kier alpha value is -2.19. The molecule has 2 N–H and O–H groups in total. The molecule has 1 amide bonds. The van der Waals surface area contributed by atoms with Crippen molar-refractivity contribution in [3.63, 3.8) is 0 Å². The highest BCUT2D eigenvalue weighted by Gasteiger charge is 2.17. The first-order chi connectivity index (χ1) is 10.3. The molecule has 0 aliphatic heterocycles. The van der Waals surface area contributed by atoms with Crippen molar-refractivity contribution in [3.05, 3.63) is 41.7 Å². The Morgan fingerprint density at radius 1 is 1.27 bits per heavy atom. The number of sulfonamides is 1. The van der Waals surface area contributed by atoms with Crippen LogP contribution in [0.25, 0.3) is 0 Å². The van der Waals surface area contributed by atoms with E-state index in [1.807, 2.05) is 0 Å². The number of carbonyl (C=O) groups excluding carboxylic acids is 1. The van der Waals surface area contributed by atoms with E-state index in [0.717, 1.165) is 0 Å². The molecule has 1 aromatic heterocycles. The van der Waals surface area contributed by atoms with Crippen LogP contribution in [0.5, 0.6) is 0 Å². The van der Waals surface area contributed by atoms with Crippen molar-refractivity contribution in [2.45, 2.75) is 31.7 Å². The Balaban J connectivity index is 2.22. The molecule has 22 heavy (non-hydrogen) atoms. The normalized spacial score (nSPS) is 11.6. The van der Waals surface area contributed by atoms with Crippen molar-refractivity contribution in [1.29, 1.82) is 0 Å². The van der Waals surface area contributed by atoms with Crippen LogP contribution in [0.15, 0.2) is 39.8 Å². The smallest absolute Gasteiger partial charge is 0.256 e. The van der Waals surface area contributed by atoms with E-state index in [-0.39, 0.29) is 22.3 Å². The molecule has 2 aromatic rings. The predicted octanol–water partition coefficient (Wildman–Crippen LogP) is 1.92. The number of aryl methyl sites for hydroxylation is 1. The summed E-state index contributed by atoms with van der Waals surface area (Å²) in [7, 11) is -3.65. The van der Waals surface area contributed by atoms with Gasteiger partial charge in [-0.1, -0.05) is 11.2 Å². The Labute approximate surface area is 128 Å². The third kappa shape index (κ3) is 3.92. The maximum atomic E-state index is 12.1. The standard InChI is InChI=1S/C14H17N3O4S/c1-9(2)17-22(19,20)12-6-4-5-11(8-12)14(18)15-13-7-10(3)21-16-13/h4-9,17H,1-3H3,(H,15,16,18). The molecule has 7 nitrogen and oxygen atoms in total. The minimum absolute atomic E-state index is 0.0326. The van der Waals surface area contributed by atoms with E-state index in [1.54, 1.807) is 26.8 Å². The van der Waals surface area contributed by atoms with Crippen LogP contribution in [0, 0.1) is 6.92 Å². The van der Waals surface area contributed by atoms with Gasteiger partial charge in [0.05, 0.1) is 4.90 Å². The number of nitrogens with one attached hydrogen (secondary N) is 2. The molecule has 0 saturated carbocycles. The molecule has 0 saturated heterocycles. The summed E-state index contributed by atoms with van der Waals surface area (Å²) >= 11 is 0.